The minimum absolute atomic E-state index is 0.133. The second-order valence-corrected chi connectivity index (χ2v) is 3.57. The van der Waals surface area contributed by atoms with Gasteiger partial charge in [-0.15, -0.1) is 0 Å². The van der Waals surface area contributed by atoms with Crippen molar-refractivity contribution >= 4 is 17.5 Å². The lowest BCUT2D eigenvalue weighted by atomic mass is 10.3. The molecule has 0 saturated carbocycles. The first kappa shape index (κ1) is 9.76. The van der Waals surface area contributed by atoms with E-state index >= 15 is 0 Å². The molecule has 0 aliphatic heterocycles. The summed E-state index contributed by atoms with van der Waals surface area (Å²) >= 11 is 1.81. The number of rotatable bonds is 4. The molecule has 0 aromatic carbocycles. The second kappa shape index (κ2) is 5.54. The van der Waals surface area contributed by atoms with Crippen molar-refractivity contribution in [2.24, 2.45) is 0 Å². The van der Waals surface area contributed by atoms with Crippen LogP contribution in [0.1, 0.15) is 20.3 Å². The van der Waals surface area contributed by atoms with E-state index in [1.54, 1.807) is 13.0 Å². The fourth-order valence-corrected chi connectivity index (χ4v) is 0.825. The summed E-state index contributed by atoms with van der Waals surface area (Å²) in [5.41, 5.74) is 0. The van der Waals surface area contributed by atoms with Gasteiger partial charge in [-0.3, -0.25) is 4.79 Å². The van der Waals surface area contributed by atoms with E-state index in [2.05, 4.69) is 13.2 Å². The van der Waals surface area contributed by atoms with Gasteiger partial charge >= 0.3 is 0 Å². The van der Waals surface area contributed by atoms with Crippen LogP contribution in [-0.4, -0.2) is 17.3 Å². The van der Waals surface area contributed by atoms with Gasteiger partial charge in [0.15, 0.2) is 5.78 Å². The predicted molar refractivity (Wildman–Crippen MR) is 47.4 cm³/mol. The number of carbonyl (C=O) groups excluding carboxylic acids is 1. The molecule has 0 bridgehead atoms. The van der Waals surface area contributed by atoms with E-state index in [0.717, 1.165) is 6.42 Å². The molecule has 0 aromatic rings. The van der Waals surface area contributed by atoms with Crippen LogP contribution in [0, 0.1) is 0 Å². The van der Waals surface area contributed by atoms with Crippen LogP contribution in [0.15, 0.2) is 12.2 Å². The molecule has 0 aliphatic rings. The van der Waals surface area contributed by atoms with Gasteiger partial charge in [0.1, 0.15) is 0 Å². The van der Waals surface area contributed by atoms with Crippen LogP contribution >= 0.6 is 11.8 Å². The maximum absolute atomic E-state index is 10.4. The predicted octanol–water partition coefficient (Wildman–Crippen LogP) is 2.27. The van der Waals surface area contributed by atoms with E-state index in [-0.39, 0.29) is 5.78 Å². The first-order valence-electron chi connectivity index (χ1n) is 3.36. The summed E-state index contributed by atoms with van der Waals surface area (Å²) in [5.74, 6) is 0.133. The molecule has 0 unspecified atom stereocenters. The summed E-state index contributed by atoms with van der Waals surface area (Å²) < 4.78 is 0. The maximum Gasteiger partial charge on any atom is 0.152 e. The van der Waals surface area contributed by atoms with Gasteiger partial charge in [-0.2, -0.15) is 11.8 Å². The summed E-state index contributed by atoms with van der Waals surface area (Å²) in [4.78, 5) is 10.4. The average Bonchev–Trinajstić information content (AvgIpc) is 1.87. The molecule has 0 spiro atoms. The molecule has 0 saturated heterocycles. The standard InChI is InChI=1S/C8H14OS/c1-7(9)5-4-6-8(2)10-3/h4-5,8H,6H2,1-3H3/b5-4+/t8-/m0/s1. The maximum atomic E-state index is 10.4. The van der Waals surface area contributed by atoms with Gasteiger partial charge in [0, 0.05) is 5.25 Å². The summed E-state index contributed by atoms with van der Waals surface area (Å²) in [5, 5.41) is 0.621. The molecule has 0 rings (SSSR count). The Bertz CT molecular complexity index is 129. The fraction of sp³-hybridized carbons (Fsp3) is 0.625. The summed E-state index contributed by atoms with van der Waals surface area (Å²) in [6.07, 6.45) is 6.63. The van der Waals surface area contributed by atoms with Crippen LogP contribution < -0.4 is 0 Å². The number of allylic oxidation sites excluding steroid dienone is 2. The number of thioether (sulfide) groups is 1. The molecule has 0 heterocycles. The van der Waals surface area contributed by atoms with Crippen LogP contribution in [0.4, 0.5) is 0 Å². The highest BCUT2D eigenvalue weighted by molar-refractivity contribution is 7.99. The number of hydrogen-bond donors (Lipinski definition) is 0. The van der Waals surface area contributed by atoms with E-state index in [1.807, 2.05) is 17.8 Å². The van der Waals surface area contributed by atoms with Crippen LogP contribution in [0.3, 0.4) is 0 Å². The molecule has 0 amide bonds. The number of hydrogen-bond acceptors (Lipinski definition) is 2. The monoisotopic (exact) mass is 158 g/mol. The summed E-state index contributed by atoms with van der Waals surface area (Å²) in [7, 11) is 0. The molecule has 0 radical (unpaired) electrons. The Morgan fingerprint density at radius 3 is 2.70 bits per heavy atom. The third kappa shape index (κ3) is 5.89. The van der Waals surface area contributed by atoms with Crippen molar-refractivity contribution in [2.75, 3.05) is 6.26 Å². The average molecular weight is 158 g/mol. The lowest BCUT2D eigenvalue weighted by Crippen LogP contribution is -1.91. The SMILES string of the molecule is CS[C@@H](C)C/C=C/C(C)=O. The molecular formula is C8H14OS. The molecule has 1 nitrogen and oxygen atoms in total. The van der Waals surface area contributed by atoms with Crippen LogP contribution in [-0.2, 0) is 4.79 Å². The zero-order valence-corrected chi connectivity index (χ0v) is 7.57. The largest absolute Gasteiger partial charge is 0.295 e. The first-order valence-corrected chi connectivity index (χ1v) is 4.65. The fourth-order valence-electron chi connectivity index (χ4n) is 0.522. The van der Waals surface area contributed by atoms with Crippen molar-refractivity contribution in [3.8, 4) is 0 Å². The van der Waals surface area contributed by atoms with Gasteiger partial charge < -0.3 is 0 Å². The van der Waals surface area contributed by atoms with E-state index < -0.39 is 0 Å². The Morgan fingerprint density at radius 2 is 2.30 bits per heavy atom. The molecule has 58 valence electrons. The van der Waals surface area contributed by atoms with Gasteiger partial charge in [0.25, 0.3) is 0 Å². The van der Waals surface area contributed by atoms with Crippen molar-refractivity contribution < 1.29 is 4.79 Å². The quantitative estimate of drug-likeness (QED) is 0.584. The third-order valence-electron chi connectivity index (χ3n) is 1.22. The van der Waals surface area contributed by atoms with Crippen molar-refractivity contribution in [3.63, 3.8) is 0 Å². The van der Waals surface area contributed by atoms with Crippen LogP contribution in [0.2, 0.25) is 0 Å². The molecule has 2 heteroatoms. The Labute approximate surface area is 66.9 Å². The molecule has 0 N–H and O–H groups in total. The van der Waals surface area contributed by atoms with E-state index in [0.29, 0.717) is 5.25 Å². The lowest BCUT2D eigenvalue weighted by molar-refractivity contribution is -0.112. The van der Waals surface area contributed by atoms with Crippen molar-refractivity contribution in [3.05, 3.63) is 12.2 Å². The molecule has 1 atom stereocenters. The number of carbonyl (C=O) groups is 1. The minimum Gasteiger partial charge on any atom is -0.295 e. The Hall–Kier alpha value is -0.240. The smallest absolute Gasteiger partial charge is 0.152 e. The zero-order valence-electron chi connectivity index (χ0n) is 6.76. The normalized spacial score (nSPS) is 13.9. The minimum atomic E-state index is 0.133. The summed E-state index contributed by atoms with van der Waals surface area (Å²) in [6.45, 7) is 3.72. The molecule has 10 heavy (non-hydrogen) atoms. The van der Waals surface area contributed by atoms with Gasteiger partial charge in [0.2, 0.25) is 0 Å². The first-order chi connectivity index (χ1) is 4.66. The van der Waals surface area contributed by atoms with Gasteiger partial charge in [-0.1, -0.05) is 13.0 Å². The molecule has 0 fully saturated rings. The van der Waals surface area contributed by atoms with Gasteiger partial charge in [0.05, 0.1) is 0 Å². The Kier molecular flexibility index (Phi) is 5.40. The summed E-state index contributed by atoms with van der Waals surface area (Å²) in [6, 6.07) is 0. The highest BCUT2D eigenvalue weighted by Gasteiger charge is 1.93. The Balaban J connectivity index is 3.43. The van der Waals surface area contributed by atoms with E-state index in [4.69, 9.17) is 0 Å². The molecule has 0 aromatic heterocycles. The second-order valence-electron chi connectivity index (χ2n) is 2.30. The van der Waals surface area contributed by atoms with Gasteiger partial charge in [-0.25, -0.2) is 0 Å². The zero-order chi connectivity index (χ0) is 7.98. The third-order valence-corrected chi connectivity index (χ3v) is 2.22. The van der Waals surface area contributed by atoms with Crippen molar-refractivity contribution in [2.45, 2.75) is 25.5 Å². The van der Waals surface area contributed by atoms with E-state index in [9.17, 15) is 4.79 Å². The lowest BCUT2D eigenvalue weighted by Gasteiger charge is -2.00. The van der Waals surface area contributed by atoms with Gasteiger partial charge in [-0.05, 0) is 25.7 Å². The number of ketones is 1. The van der Waals surface area contributed by atoms with Crippen molar-refractivity contribution in [1.29, 1.82) is 0 Å². The molecule has 0 aliphatic carbocycles. The van der Waals surface area contributed by atoms with Crippen molar-refractivity contribution in [1.82, 2.24) is 0 Å². The van der Waals surface area contributed by atoms with E-state index in [1.165, 1.54) is 0 Å². The van der Waals surface area contributed by atoms with Crippen LogP contribution in [0.5, 0.6) is 0 Å². The molecular weight excluding hydrogens is 144 g/mol. The highest BCUT2D eigenvalue weighted by Crippen LogP contribution is 2.09. The van der Waals surface area contributed by atoms with Crippen LogP contribution in [0.25, 0.3) is 0 Å². The highest BCUT2D eigenvalue weighted by atomic mass is 32.2. The Morgan fingerprint density at radius 1 is 1.70 bits per heavy atom. The topological polar surface area (TPSA) is 17.1 Å².